The topological polar surface area (TPSA) is 49.8 Å². The van der Waals surface area contributed by atoms with Crippen molar-refractivity contribution >= 4 is 5.91 Å². The van der Waals surface area contributed by atoms with Crippen LogP contribution in [0.15, 0.2) is 24.3 Å². The van der Waals surface area contributed by atoms with Gasteiger partial charge in [0.25, 0.3) is 0 Å². The van der Waals surface area contributed by atoms with Crippen LogP contribution in [0.2, 0.25) is 0 Å². The van der Waals surface area contributed by atoms with Gasteiger partial charge >= 0.3 is 0 Å². The Morgan fingerprint density at radius 3 is 3.11 bits per heavy atom. The van der Waals surface area contributed by atoms with Crippen LogP contribution in [-0.2, 0) is 16.0 Å². The summed E-state index contributed by atoms with van der Waals surface area (Å²) < 4.78 is 5.12. The lowest BCUT2D eigenvalue weighted by Crippen LogP contribution is -2.30. The van der Waals surface area contributed by atoms with Gasteiger partial charge in [0.2, 0.25) is 5.91 Å². The van der Waals surface area contributed by atoms with Crippen LogP contribution < -0.4 is 0 Å². The van der Waals surface area contributed by atoms with Crippen LogP contribution >= 0.6 is 0 Å². The highest BCUT2D eigenvalue weighted by Crippen LogP contribution is 2.18. The van der Waals surface area contributed by atoms with Crippen molar-refractivity contribution in [2.75, 3.05) is 26.8 Å². The summed E-state index contributed by atoms with van der Waals surface area (Å²) in [5.41, 5.74) is 0.857. The summed E-state index contributed by atoms with van der Waals surface area (Å²) in [6.07, 6.45) is 1.37. The third-order valence-electron chi connectivity index (χ3n) is 3.31. The summed E-state index contributed by atoms with van der Waals surface area (Å²) in [5, 5.41) is 9.36. The number of ether oxygens (including phenoxy) is 1. The molecule has 1 saturated heterocycles. The van der Waals surface area contributed by atoms with E-state index in [1.54, 1.807) is 25.3 Å². The second-order valence-corrected chi connectivity index (χ2v) is 4.80. The molecule has 4 nitrogen and oxygen atoms in total. The molecule has 2 rings (SSSR count). The predicted octanol–water partition coefficient (Wildman–Crippen LogP) is 1.43. The van der Waals surface area contributed by atoms with E-state index in [1.807, 2.05) is 11.0 Å². The van der Waals surface area contributed by atoms with Gasteiger partial charge in [0, 0.05) is 26.1 Å². The van der Waals surface area contributed by atoms with Crippen molar-refractivity contribution in [2.45, 2.75) is 12.8 Å². The van der Waals surface area contributed by atoms with Crippen LogP contribution in [0.4, 0.5) is 0 Å². The summed E-state index contributed by atoms with van der Waals surface area (Å²) in [5.74, 6) is 0.793. The molecule has 4 heteroatoms. The maximum Gasteiger partial charge on any atom is 0.227 e. The number of carbonyl (C=O) groups is 1. The number of nitrogens with zero attached hydrogens (tertiary/aromatic N) is 1. The third-order valence-corrected chi connectivity index (χ3v) is 3.31. The lowest BCUT2D eigenvalue weighted by Gasteiger charge is -2.16. The van der Waals surface area contributed by atoms with Crippen LogP contribution in [0.25, 0.3) is 0 Å². The van der Waals surface area contributed by atoms with Crippen molar-refractivity contribution in [3.63, 3.8) is 0 Å². The van der Waals surface area contributed by atoms with E-state index in [4.69, 9.17) is 4.74 Å². The zero-order valence-electron chi connectivity index (χ0n) is 10.6. The van der Waals surface area contributed by atoms with Crippen LogP contribution in [-0.4, -0.2) is 42.7 Å². The average Bonchev–Trinajstić information content (AvgIpc) is 2.78. The fourth-order valence-electron chi connectivity index (χ4n) is 2.38. The van der Waals surface area contributed by atoms with Gasteiger partial charge in [-0.3, -0.25) is 4.79 Å². The Morgan fingerprint density at radius 1 is 1.56 bits per heavy atom. The summed E-state index contributed by atoms with van der Waals surface area (Å²) in [4.78, 5) is 14.0. The SMILES string of the molecule is COCC1CCN(C(=O)Cc2cccc(O)c2)C1. The number of hydrogen-bond acceptors (Lipinski definition) is 3. The molecule has 1 amide bonds. The molecular formula is C14H19NO3. The molecule has 1 aromatic carbocycles. The number of hydrogen-bond donors (Lipinski definition) is 1. The zero-order chi connectivity index (χ0) is 13.0. The molecule has 0 aliphatic carbocycles. The maximum absolute atomic E-state index is 12.1. The molecule has 1 heterocycles. The second-order valence-electron chi connectivity index (χ2n) is 4.80. The summed E-state index contributed by atoms with van der Waals surface area (Å²) in [7, 11) is 1.69. The quantitative estimate of drug-likeness (QED) is 0.878. The van der Waals surface area contributed by atoms with E-state index in [0.717, 1.165) is 31.7 Å². The van der Waals surface area contributed by atoms with Crippen LogP contribution in [0, 0.1) is 5.92 Å². The van der Waals surface area contributed by atoms with Crippen molar-refractivity contribution in [2.24, 2.45) is 5.92 Å². The Hall–Kier alpha value is -1.55. The van der Waals surface area contributed by atoms with Gasteiger partial charge in [-0.1, -0.05) is 12.1 Å². The third kappa shape index (κ3) is 3.23. The molecule has 0 spiro atoms. The molecule has 0 bridgehead atoms. The second kappa shape index (κ2) is 5.87. The lowest BCUT2D eigenvalue weighted by molar-refractivity contribution is -0.129. The van der Waals surface area contributed by atoms with Crippen molar-refractivity contribution < 1.29 is 14.6 Å². The Balaban J connectivity index is 1.89. The van der Waals surface area contributed by atoms with Gasteiger partial charge in [0.15, 0.2) is 0 Å². The van der Waals surface area contributed by atoms with E-state index in [0.29, 0.717) is 12.3 Å². The van der Waals surface area contributed by atoms with E-state index in [1.165, 1.54) is 0 Å². The van der Waals surface area contributed by atoms with Crippen molar-refractivity contribution in [1.29, 1.82) is 0 Å². The predicted molar refractivity (Wildman–Crippen MR) is 68.4 cm³/mol. The first-order valence-electron chi connectivity index (χ1n) is 6.23. The number of rotatable bonds is 4. The van der Waals surface area contributed by atoms with Crippen LogP contribution in [0.3, 0.4) is 0 Å². The molecule has 1 N–H and O–H groups in total. The number of phenols is 1. The molecular weight excluding hydrogens is 230 g/mol. The van der Waals surface area contributed by atoms with E-state index in [-0.39, 0.29) is 11.7 Å². The number of benzene rings is 1. The van der Waals surface area contributed by atoms with Crippen LogP contribution in [0.1, 0.15) is 12.0 Å². The van der Waals surface area contributed by atoms with Gasteiger partial charge in [0.05, 0.1) is 13.0 Å². The van der Waals surface area contributed by atoms with Crippen molar-refractivity contribution in [3.05, 3.63) is 29.8 Å². The normalized spacial score (nSPS) is 19.2. The molecule has 1 unspecified atom stereocenters. The standard InChI is InChI=1S/C14H19NO3/c1-18-10-12-5-6-15(9-12)14(17)8-11-3-2-4-13(16)7-11/h2-4,7,12,16H,5-6,8-10H2,1H3. The highest BCUT2D eigenvalue weighted by molar-refractivity contribution is 5.79. The number of aromatic hydroxyl groups is 1. The van der Waals surface area contributed by atoms with Gasteiger partial charge < -0.3 is 14.7 Å². The summed E-state index contributed by atoms with van der Waals surface area (Å²) >= 11 is 0. The minimum atomic E-state index is 0.124. The van der Waals surface area contributed by atoms with Gasteiger partial charge in [-0.2, -0.15) is 0 Å². The highest BCUT2D eigenvalue weighted by Gasteiger charge is 2.25. The largest absolute Gasteiger partial charge is 0.508 e. The van der Waals surface area contributed by atoms with E-state index in [2.05, 4.69) is 0 Å². The minimum absolute atomic E-state index is 0.124. The lowest BCUT2D eigenvalue weighted by atomic mass is 10.1. The van der Waals surface area contributed by atoms with Gasteiger partial charge in [-0.05, 0) is 24.1 Å². The zero-order valence-corrected chi connectivity index (χ0v) is 10.6. The highest BCUT2D eigenvalue weighted by atomic mass is 16.5. The maximum atomic E-state index is 12.1. The van der Waals surface area contributed by atoms with E-state index < -0.39 is 0 Å². The smallest absolute Gasteiger partial charge is 0.227 e. The Kier molecular flexibility index (Phi) is 4.20. The number of amides is 1. The molecule has 0 saturated carbocycles. The molecule has 0 radical (unpaired) electrons. The number of phenolic OH excluding ortho intramolecular Hbond substituents is 1. The fraction of sp³-hybridized carbons (Fsp3) is 0.500. The molecule has 1 atom stereocenters. The molecule has 1 aliphatic rings. The number of likely N-dealkylation sites (tertiary alicyclic amines) is 1. The summed E-state index contributed by atoms with van der Waals surface area (Å²) in [6.45, 7) is 2.31. The average molecular weight is 249 g/mol. The number of methoxy groups -OCH3 is 1. The van der Waals surface area contributed by atoms with E-state index in [9.17, 15) is 9.90 Å². The van der Waals surface area contributed by atoms with Gasteiger partial charge in [-0.25, -0.2) is 0 Å². The van der Waals surface area contributed by atoms with E-state index >= 15 is 0 Å². The molecule has 18 heavy (non-hydrogen) atoms. The van der Waals surface area contributed by atoms with Gasteiger partial charge in [0.1, 0.15) is 5.75 Å². The molecule has 1 fully saturated rings. The molecule has 1 aliphatic heterocycles. The van der Waals surface area contributed by atoms with Crippen molar-refractivity contribution in [1.82, 2.24) is 4.90 Å². The first kappa shape index (κ1) is 12.9. The molecule has 0 aromatic heterocycles. The molecule has 1 aromatic rings. The minimum Gasteiger partial charge on any atom is -0.508 e. The van der Waals surface area contributed by atoms with Crippen molar-refractivity contribution in [3.8, 4) is 5.75 Å². The molecule has 98 valence electrons. The Bertz CT molecular complexity index is 419. The first-order chi connectivity index (χ1) is 8.69. The Labute approximate surface area is 107 Å². The summed E-state index contributed by atoms with van der Waals surface area (Å²) in [6, 6.07) is 6.87. The van der Waals surface area contributed by atoms with Crippen LogP contribution in [0.5, 0.6) is 5.75 Å². The first-order valence-corrected chi connectivity index (χ1v) is 6.23. The number of carbonyl (C=O) groups excluding carboxylic acids is 1. The van der Waals surface area contributed by atoms with Gasteiger partial charge in [-0.15, -0.1) is 0 Å². The fourth-order valence-corrected chi connectivity index (χ4v) is 2.38. The Morgan fingerprint density at radius 2 is 2.39 bits per heavy atom. The monoisotopic (exact) mass is 249 g/mol.